The Kier molecular flexibility index (Phi) is 3.78. The lowest BCUT2D eigenvalue weighted by atomic mass is 9.92. The zero-order valence-electron chi connectivity index (χ0n) is 12.0. The molecule has 0 fully saturated rings. The normalized spacial score (nSPS) is 15.1. The van der Waals surface area contributed by atoms with Crippen molar-refractivity contribution in [2.24, 2.45) is 0 Å². The van der Waals surface area contributed by atoms with Crippen LogP contribution in [0.5, 0.6) is 5.75 Å². The Balaban J connectivity index is 2.29. The third kappa shape index (κ3) is 2.46. The zero-order chi connectivity index (χ0) is 14.8. The summed E-state index contributed by atoms with van der Waals surface area (Å²) in [6.07, 6.45) is 1.80. The predicted molar refractivity (Wildman–Crippen MR) is 82.0 cm³/mol. The Morgan fingerprint density at radius 1 is 1.14 bits per heavy atom. The van der Waals surface area contributed by atoms with Gasteiger partial charge in [-0.2, -0.15) is 0 Å². The molecule has 0 atom stereocenters. The highest BCUT2D eigenvalue weighted by Gasteiger charge is 2.21. The first-order chi connectivity index (χ1) is 10.2. The lowest BCUT2D eigenvalue weighted by Gasteiger charge is -2.14. The van der Waals surface area contributed by atoms with Crippen LogP contribution in [0.1, 0.15) is 27.8 Å². The topological polar surface area (TPSA) is 49.7 Å². The van der Waals surface area contributed by atoms with Crippen LogP contribution < -0.4 is 4.74 Å². The van der Waals surface area contributed by atoms with Crippen molar-refractivity contribution in [1.82, 2.24) is 0 Å². The van der Waals surface area contributed by atoms with Gasteiger partial charge < -0.3 is 14.9 Å². The smallest absolute Gasteiger partial charge is 0.133 e. The van der Waals surface area contributed by atoms with Crippen LogP contribution in [0.15, 0.2) is 42.5 Å². The van der Waals surface area contributed by atoms with Crippen molar-refractivity contribution in [3.05, 3.63) is 70.3 Å². The van der Waals surface area contributed by atoms with Crippen molar-refractivity contribution in [1.29, 1.82) is 0 Å². The fourth-order valence-corrected chi connectivity index (χ4v) is 2.85. The molecule has 0 saturated heterocycles. The summed E-state index contributed by atoms with van der Waals surface area (Å²) in [7, 11) is 0. The van der Waals surface area contributed by atoms with Crippen molar-refractivity contribution in [3.63, 3.8) is 0 Å². The number of ether oxygens (including phenoxy) is 1. The summed E-state index contributed by atoms with van der Waals surface area (Å²) < 4.78 is 5.95. The Labute approximate surface area is 124 Å². The zero-order valence-corrected chi connectivity index (χ0v) is 12.0. The van der Waals surface area contributed by atoms with Crippen molar-refractivity contribution < 1.29 is 14.9 Å². The molecule has 1 aliphatic heterocycles. The Morgan fingerprint density at radius 3 is 2.71 bits per heavy atom. The second-order valence-corrected chi connectivity index (χ2v) is 5.21. The molecule has 0 saturated carbocycles. The van der Waals surface area contributed by atoms with Gasteiger partial charge in [0.05, 0.1) is 13.2 Å². The highest BCUT2D eigenvalue weighted by molar-refractivity contribution is 5.86. The van der Waals surface area contributed by atoms with Crippen molar-refractivity contribution in [2.45, 2.75) is 20.1 Å². The molecule has 0 aromatic heterocycles. The summed E-state index contributed by atoms with van der Waals surface area (Å²) in [6, 6.07) is 12.0. The van der Waals surface area contributed by atoms with Crippen LogP contribution in [0.25, 0.3) is 5.57 Å². The minimum absolute atomic E-state index is 0.0362. The number of aryl methyl sites for hydroxylation is 1. The maximum Gasteiger partial charge on any atom is 0.133 e. The lowest BCUT2D eigenvalue weighted by Crippen LogP contribution is -1.99. The molecule has 3 heteroatoms. The summed E-state index contributed by atoms with van der Waals surface area (Å²) in [5, 5.41) is 19.0. The largest absolute Gasteiger partial charge is 0.488 e. The van der Waals surface area contributed by atoms with Gasteiger partial charge in [-0.25, -0.2) is 0 Å². The molecular weight excluding hydrogens is 264 g/mol. The van der Waals surface area contributed by atoms with Gasteiger partial charge in [0.25, 0.3) is 0 Å². The molecule has 1 aliphatic rings. The summed E-state index contributed by atoms with van der Waals surface area (Å²) in [6.45, 7) is 2.35. The van der Waals surface area contributed by atoms with Gasteiger partial charge in [0, 0.05) is 11.1 Å². The van der Waals surface area contributed by atoms with Crippen LogP contribution in [0.3, 0.4) is 0 Å². The van der Waals surface area contributed by atoms with Crippen molar-refractivity contribution in [3.8, 4) is 5.75 Å². The number of hydrogen-bond acceptors (Lipinski definition) is 3. The minimum atomic E-state index is -0.0627. The van der Waals surface area contributed by atoms with E-state index in [0.717, 1.165) is 33.4 Å². The van der Waals surface area contributed by atoms with Gasteiger partial charge in [0.2, 0.25) is 0 Å². The molecule has 0 spiro atoms. The number of hydrogen-bond donors (Lipinski definition) is 2. The Bertz CT molecular complexity index is 702. The van der Waals surface area contributed by atoms with Crippen LogP contribution in [-0.2, 0) is 13.2 Å². The summed E-state index contributed by atoms with van der Waals surface area (Å²) >= 11 is 0. The lowest BCUT2D eigenvalue weighted by molar-refractivity contribution is 0.259. The second-order valence-electron chi connectivity index (χ2n) is 5.21. The van der Waals surface area contributed by atoms with E-state index in [1.807, 2.05) is 43.3 Å². The van der Waals surface area contributed by atoms with Gasteiger partial charge in [-0.3, -0.25) is 0 Å². The number of aliphatic hydroxyl groups is 2. The molecule has 1 heterocycles. The number of aliphatic hydroxyl groups excluding tert-OH is 2. The molecule has 3 rings (SSSR count). The highest BCUT2D eigenvalue weighted by Crippen LogP contribution is 2.39. The minimum Gasteiger partial charge on any atom is -0.488 e. The average Bonchev–Trinajstić information content (AvgIpc) is 2.65. The van der Waals surface area contributed by atoms with Crippen LogP contribution in [0.4, 0.5) is 0 Å². The van der Waals surface area contributed by atoms with E-state index in [9.17, 15) is 10.2 Å². The standard InChI is InChI=1S/C18H18O3/c1-12-8-14(10-20)18-17(9-12)16(6-7-19)15-5-3-2-4-13(15)11-21-18/h2-6,8-9,19-20H,7,10-11H2,1H3/b16-6+. The van der Waals surface area contributed by atoms with E-state index < -0.39 is 0 Å². The van der Waals surface area contributed by atoms with E-state index in [4.69, 9.17) is 4.74 Å². The quantitative estimate of drug-likeness (QED) is 0.890. The van der Waals surface area contributed by atoms with Crippen LogP contribution >= 0.6 is 0 Å². The van der Waals surface area contributed by atoms with E-state index in [-0.39, 0.29) is 13.2 Å². The average molecular weight is 282 g/mol. The molecule has 2 N–H and O–H groups in total. The van der Waals surface area contributed by atoms with Crippen molar-refractivity contribution in [2.75, 3.05) is 6.61 Å². The highest BCUT2D eigenvalue weighted by atomic mass is 16.5. The third-order valence-corrected chi connectivity index (χ3v) is 3.75. The monoisotopic (exact) mass is 282 g/mol. The molecule has 2 aromatic carbocycles. The molecule has 2 aromatic rings. The first-order valence-electron chi connectivity index (χ1n) is 7.01. The number of rotatable bonds is 2. The molecule has 108 valence electrons. The molecule has 3 nitrogen and oxygen atoms in total. The molecule has 0 radical (unpaired) electrons. The third-order valence-electron chi connectivity index (χ3n) is 3.75. The Hall–Kier alpha value is -2.10. The van der Waals surface area contributed by atoms with Crippen LogP contribution in [0, 0.1) is 6.92 Å². The van der Waals surface area contributed by atoms with Gasteiger partial charge in [0.15, 0.2) is 0 Å². The summed E-state index contributed by atoms with van der Waals surface area (Å²) in [5.74, 6) is 0.707. The number of benzene rings is 2. The van der Waals surface area contributed by atoms with Crippen molar-refractivity contribution >= 4 is 5.57 Å². The Morgan fingerprint density at radius 2 is 1.95 bits per heavy atom. The fraction of sp³-hybridized carbons (Fsp3) is 0.222. The van der Waals surface area contributed by atoms with Gasteiger partial charge in [-0.15, -0.1) is 0 Å². The van der Waals surface area contributed by atoms with Gasteiger partial charge >= 0.3 is 0 Å². The maximum absolute atomic E-state index is 9.59. The first-order valence-corrected chi connectivity index (χ1v) is 7.01. The van der Waals surface area contributed by atoms with Gasteiger partial charge in [-0.05, 0) is 35.3 Å². The molecular formula is C18H18O3. The van der Waals surface area contributed by atoms with E-state index in [1.165, 1.54) is 0 Å². The second kappa shape index (κ2) is 5.72. The van der Waals surface area contributed by atoms with Crippen LogP contribution in [-0.4, -0.2) is 16.8 Å². The predicted octanol–water partition coefficient (Wildman–Crippen LogP) is 2.80. The molecule has 0 bridgehead atoms. The SMILES string of the molecule is Cc1cc(CO)c2c(c1)/C(=C/CO)c1ccccc1CO2. The number of fused-ring (bicyclic) bond motifs is 2. The molecule has 0 amide bonds. The molecule has 21 heavy (non-hydrogen) atoms. The molecule has 0 aliphatic carbocycles. The molecule has 0 unspecified atom stereocenters. The van der Waals surface area contributed by atoms with E-state index in [1.54, 1.807) is 6.08 Å². The van der Waals surface area contributed by atoms with E-state index >= 15 is 0 Å². The van der Waals surface area contributed by atoms with Gasteiger partial charge in [0.1, 0.15) is 12.4 Å². The fourth-order valence-electron chi connectivity index (χ4n) is 2.85. The van der Waals surface area contributed by atoms with E-state index in [2.05, 4.69) is 0 Å². The first kappa shape index (κ1) is 13.9. The van der Waals surface area contributed by atoms with Gasteiger partial charge in [-0.1, -0.05) is 36.4 Å². The summed E-state index contributed by atoms with van der Waals surface area (Å²) in [4.78, 5) is 0. The summed E-state index contributed by atoms with van der Waals surface area (Å²) in [5.41, 5.74) is 5.87. The maximum atomic E-state index is 9.59. The van der Waals surface area contributed by atoms with E-state index in [0.29, 0.717) is 12.4 Å². The van der Waals surface area contributed by atoms with Crippen LogP contribution in [0.2, 0.25) is 0 Å².